The van der Waals surface area contributed by atoms with Crippen molar-refractivity contribution in [1.82, 2.24) is 26.1 Å². The number of aliphatic hydroxyl groups is 1. The number of aryl methyl sites for hydroxylation is 1. The Balaban J connectivity index is 1.50. The molecule has 1 saturated heterocycles. The minimum Gasteiger partial charge on any atom is -0.460 e. The summed E-state index contributed by atoms with van der Waals surface area (Å²) in [6.07, 6.45) is 2.62. The normalized spacial score (nSPS) is 17.3. The molecule has 0 radical (unpaired) electrons. The zero-order valence-corrected chi connectivity index (χ0v) is 28.0. The molecule has 45 heavy (non-hydrogen) atoms. The second-order valence-electron chi connectivity index (χ2n) is 11.4. The number of pyridine rings is 1. The van der Waals surface area contributed by atoms with Gasteiger partial charge in [-0.15, -0.1) is 0 Å². The first-order valence-corrected chi connectivity index (χ1v) is 15.9. The molecule has 1 aromatic carbocycles. The van der Waals surface area contributed by atoms with Gasteiger partial charge in [0.15, 0.2) is 0 Å². The molecule has 1 fully saturated rings. The first-order chi connectivity index (χ1) is 21.1. The highest BCUT2D eigenvalue weighted by Crippen LogP contribution is 2.26. The van der Waals surface area contributed by atoms with Crippen LogP contribution < -0.4 is 16.1 Å². The third-order valence-electron chi connectivity index (χ3n) is 7.24. The summed E-state index contributed by atoms with van der Waals surface area (Å²) in [5.74, 6) is -2.18. The lowest BCUT2D eigenvalue weighted by molar-refractivity contribution is -0.152. The van der Waals surface area contributed by atoms with E-state index in [1.165, 1.54) is 11.9 Å². The Bertz CT molecular complexity index is 1340. The van der Waals surface area contributed by atoms with Crippen LogP contribution in [-0.2, 0) is 30.3 Å². The number of nitrogens with zero attached hydrogens (tertiary/aromatic N) is 2. The maximum absolute atomic E-state index is 13.1. The van der Waals surface area contributed by atoms with Crippen molar-refractivity contribution in [3.05, 3.63) is 53.7 Å². The second-order valence-corrected chi connectivity index (χ2v) is 13.9. The van der Waals surface area contributed by atoms with Crippen molar-refractivity contribution >= 4 is 58.5 Å². The fourth-order valence-electron chi connectivity index (χ4n) is 4.71. The predicted molar refractivity (Wildman–Crippen MR) is 172 cm³/mol. The molecule has 11 nitrogen and oxygen atoms in total. The number of hydrazine groups is 1. The maximum atomic E-state index is 13.1. The van der Waals surface area contributed by atoms with Crippen LogP contribution >= 0.6 is 34.8 Å². The number of benzene rings is 1. The van der Waals surface area contributed by atoms with Crippen LogP contribution in [0.1, 0.15) is 64.2 Å². The van der Waals surface area contributed by atoms with Crippen LogP contribution in [0.25, 0.3) is 11.3 Å². The number of aromatic nitrogens is 1. The first-order valence-electron chi connectivity index (χ1n) is 14.8. The lowest BCUT2D eigenvalue weighted by atomic mass is 10.0. The van der Waals surface area contributed by atoms with E-state index in [1.54, 1.807) is 27.0 Å². The fraction of sp³-hybridized carbons (Fsp3) is 0.516. The number of esters is 1. The molecule has 0 saturated carbocycles. The first kappa shape index (κ1) is 36.5. The Morgan fingerprint density at radius 2 is 1.84 bits per heavy atom. The molecule has 2 unspecified atom stereocenters. The van der Waals surface area contributed by atoms with Crippen molar-refractivity contribution in [3.8, 4) is 11.3 Å². The molecule has 246 valence electrons. The van der Waals surface area contributed by atoms with Gasteiger partial charge >= 0.3 is 5.97 Å². The number of carbonyl (C=O) groups is 4. The van der Waals surface area contributed by atoms with Crippen LogP contribution in [0, 0.1) is 5.92 Å². The Morgan fingerprint density at radius 3 is 2.47 bits per heavy atom. The lowest BCUT2D eigenvalue weighted by Gasteiger charge is -2.34. The summed E-state index contributed by atoms with van der Waals surface area (Å²) in [6.45, 7) is 6.72. The van der Waals surface area contributed by atoms with Gasteiger partial charge in [0.05, 0.1) is 11.8 Å². The summed E-state index contributed by atoms with van der Waals surface area (Å²) >= 11 is 16.9. The number of rotatable bonds is 12. The number of carbonyl (C=O) groups excluding carboxylic acids is 4. The summed E-state index contributed by atoms with van der Waals surface area (Å²) in [7, 11) is 0. The third kappa shape index (κ3) is 11.4. The zero-order valence-electron chi connectivity index (χ0n) is 25.7. The van der Waals surface area contributed by atoms with Gasteiger partial charge in [-0.1, -0.05) is 72.9 Å². The van der Waals surface area contributed by atoms with Gasteiger partial charge in [-0.25, -0.2) is 5.43 Å². The number of amides is 3. The molecule has 1 aliphatic heterocycles. The summed E-state index contributed by atoms with van der Waals surface area (Å²) in [4.78, 5) is 55.9. The molecule has 0 spiro atoms. The van der Waals surface area contributed by atoms with Crippen LogP contribution in [0.15, 0.2) is 42.6 Å². The highest BCUT2D eigenvalue weighted by molar-refractivity contribution is 6.67. The summed E-state index contributed by atoms with van der Waals surface area (Å²) in [5.41, 5.74) is 6.11. The molecule has 1 aromatic heterocycles. The highest BCUT2D eigenvalue weighted by Gasteiger charge is 2.34. The average Bonchev–Trinajstić information content (AvgIpc) is 3.00. The molecule has 4 atom stereocenters. The van der Waals surface area contributed by atoms with Gasteiger partial charge in [-0.05, 0) is 62.3 Å². The molecular formula is C31H40Cl3N5O6. The third-order valence-corrected chi connectivity index (χ3v) is 7.57. The number of alkyl halides is 3. The van der Waals surface area contributed by atoms with Gasteiger partial charge in [0.25, 0.3) is 5.91 Å². The van der Waals surface area contributed by atoms with Crippen LogP contribution in [0.5, 0.6) is 0 Å². The number of hydrogen-bond acceptors (Lipinski definition) is 8. The van der Waals surface area contributed by atoms with Crippen molar-refractivity contribution in [3.63, 3.8) is 0 Å². The van der Waals surface area contributed by atoms with Gasteiger partial charge in [0, 0.05) is 24.7 Å². The Hall–Kier alpha value is -2.96. The van der Waals surface area contributed by atoms with Gasteiger partial charge in [-0.2, -0.15) is 0 Å². The van der Waals surface area contributed by atoms with E-state index in [1.807, 2.05) is 36.4 Å². The molecule has 3 rings (SSSR count). The van der Waals surface area contributed by atoms with Gasteiger partial charge in [-0.3, -0.25) is 29.2 Å². The number of aliphatic hydroxyl groups excluding tert-OH is 1. The van der Waals surface area contributed by atoms with Crippen molar-refractivity contribution in [2.24, 2.45) is 5.92 Å². The van der Waals surface area contributed by atoms with E-state index < -0.39 is 52.4 Å². The molecule has 14 heteroatoms. The highest BCUT2D eigenvalue weighted by atomic mass is 35.6. The lowest BCUT2D eigenvalue weighted by Crippen LogP contribution is -2.61. The Labute approximate surface area is 278 Å². The topological polar surface area (TPSA) is 150 Å². The zero-order chi connectivity index (χ0) is 33.3. The van der Waals surface area contributed by atoms with Crippen LogP contribution in [0.2, 0.25) is 0 Å². The quantitative estimate of drug-likeness (QED) is 0.195. The number of hydrogen-bond donors (Lipinski definition) is 4. The Kier molecular flexibility index (Phi) is 13.4. The van der Waals surface area contributed by atoms with Crippen molar-refractivity contribution in [2.75, 3.05) is 13.2 Å². The van der Waals surface area contributed by atoms with E-state index in [0.717, 1.165) is 22.4 Å². The van der Waals surface area contributed by atoms with Crippen molar-refractivity contribution < 1.29 is 29.0 Å². The van der Waals surface area contributed by atoms with Crippen LogP contribution in [0.4, 0.5) is 0 Å². The molecule has 2 aromatic rings. The molecular weight excluding hydrogens is 645 g/mol. The SMILES string of the molecule is CC(NC(=O)[C@@H](NC(=O)CCc1ccc(-c2cccc([C@@H](C)O)c2)nc1)C(C)C)C(=O)N1CCCC(C(=O)OCC(Cl)(Cl)Cl)N1. The van der Waals surface area contributed by atoms with Crippen molar-refractivity contribution in [2.45, 2.75) is 81.4 Å². The van der Waals surface area contributed by atoms with Crippen LogP contribution in [-0.4, -0.2) is 73.9 Å². The number of ether oxygens (including phenoxy) is 1. The van der Waals surface area contributed by atoms with E-state index in [0.29, 0.717) is 25.8 Å². The fourth-order valence-corrected chi connectivity index (χ4v) is 4.87. The van der Waals surface area contributed by atoms with E-state index >= 15 is 0 Å². The summed E-state index contributed by atoms with van der Waals surface area (Å²) < 4.78 is 3.27. The standard InChI is InChI=1S/C31H40Cl3N5O6/c1-18(2)27(28(42)36-19(3)29(43)39-14-6-9-25(38-39)30(44)45-17-31(32,33)34)37-26(41)13-11-21-10-12-24(35-16-21)23-8-5-7-22(15-23)20(4)40/h5,7-8,10,12,15-16,18-20,25,27,38,40H,6,9,11,13-14,17H2,1-4H3,(H,36,42)(H,37,41)/t19?,20-,25?,27+/m1/s1. The van der Waals surface area contributed by atoms with E-state index in [9.17, 15) is 24.3 Å². The van der Waals surface area contributed by atoms with E-state index in [2.05, 4.69) is 21.0 Å². The summed E-state index contributed by atoms with van der Waals surface area (Å²) in [5, 5.41) is 16.6. The molecule has 0 bridgehead atoms. The smallest absolute Gasteiger partial charge is 0.325 e. The monoisotopic (exact) mass is 683 g/mol. The second kappa shape index (κ2) is 16.6. The predicted octanol–water partition coefficient (Wildman–Crippen LogP) is 3.79. The van der Waals surface area contributed by atoms with Crippen molar-refractivity contribution in [1.29, 1.82) is 0 Å². The maximum Gasteiger partial charge on any atom is 0.325 e. The minimum atomic E-state index is -1.75. The molecule has 2 heterocycles. The number of nitrogens with one attached hydrogen (secondary N) is 3. The van der Waals surface area contributed by atoms with E-state index in [-0.39, 0.29) is 18.2 Å². The van der Waals surface area contributed by atoms with Gasteiger partial charge in [0.1, 0.15) is 24.7 Å². The molecule has 4 N–H and O–H groups in total. The number of halogens is 3. The van der Waals surface area contributed by atoms with Crippen LogP contribution in [0.3, 0.4) is 0 Å². The average molecular weight is 685 g/mol. The Morgan fingerprint density at radius 1 is 1.11 bits per heavy atom. The largest absolute Gasteiger partial charge is 0.460 e. The molecule has 3 amide bonds. The minimum absolute atomic E-state index is 0.136. The summed E-state index contributed by atoms with van der Waals surface area (Å²) in [6, 6.07) is 8.66. The molecule has 0 aliphatic carbocycles. The van der Waals surface area contributed by atoms with Gasteiger partial charge < -0.3 is 20.5 Å². The van der Waals surface area contributed by atoms with Gasteiger partial charge in [0.2, 0.25) is 15.6 Å². The van der Waals surface area contributed by atoms with E-state index in [4.69, 9.17) is 39.5 Å². The molecule has 1 aliphatic rings.